The lowest BCUT2D eigenvalue weighted by molar-refractivity contribution is 0.419. The summed E-state index contributed by atoms with van der Waals surface area (Å²) >= 11 is 11.3. The lowest BCUT2D eigenvalue weighted by atomic mass is 10.2. The zero-order chi connectivity index (χ0) is 56.4. The normalized spacial score (nSPS) is 9.05. The molecule has 0 aliphatic carbocycles. The van der Waals surface area contributed by atoms with E-state index in [-0.39, 0.29) is 0 Å². The van der Waals surface area contributed by atoms with Gasteiger partial charge in [-0.05, 0) is 210 Å². The van der Waals surface area contributed by atoms with Gasteiger partial charge in [0.1, 0.15) is 29.8 Å². The molecule has 408 valence electrons. The van der Waals surface area contributed by atoms with Gasteiger partial charge in [-0.15, -0.1) is 45.3 Å². The smallest absolute Gasteiger partial charge is 0.180 e. The summed E-state index contributed by atoms with van der Waals surface area (Å²) < 4.78 is 35.6. The molecule has 0 bridgehead atoms. The predicted octanol–water partition coefficient (Wildman–Crippen LogP) is 18.7. The average Bonchev–Trinajstić information content (AvgIpc) is 4.18. The SMILES string of the molecule is Cc1ccc(C)o1.Cc1ccc(C)s1.Cc1ccns1.Cc1ccsn1.Cc1cncs1.Cc1cnoc1.Cc1cnsc1.Cc1coc(C)c1.Cc1cocc1C.Cc1cocn1.Cc1cscn1.Cc1nccs1. The minimum atomic E-state index is 0.926. The third kappa shape index (κ3) is 40.1. The third-order valence-electron chi connectivity index (χ3n) is 8.19. The van der Waals surface area contributed by atoms with Crippen molar-refractivity contribution in [2.75, 3.05) is 0 Å². The van der Waals surface area contributed by atoms with Gasteiger partial charge in [0, 0.05) is 77.1 Å². The van der Waals surface area contributed by atoms with Crippen LogP contribution in [0.1, 0.15) is 86.7 Å². The van der Waals surface area contributed by atoms with Gasteiger partial charge < -0.3 is 22.2 Å². The molecule has 0 spiro atoms. The van der Waals surface area contributed by atoms with Crippen LogP contribution >= 0.6 is 79.9 Å². The molecule has 0 aliphatic heterocycles. The maximum Gasteiger partial charge on any atom is 0.180 e. The number of nitrogens with zero attached hydrogens (tertiary/aromatic N) is 8. The van der Waals surface area contributed by atoms with Crippen LogP contribution in [0.4, 0.5) is 0 Å². The van der Waals surface area contributed by atoms with Crippen molar-refractivity contribution in [2.45, 2.75) is 111 Å². The van der Waals surface area contributed by atoms with Crippen LogP contribution < -0.4 is 0 Å². The molecule has 0 fully saturated rings. The molecule has 20 heteroatoms. The van der Waals surface area contributed by atoms with Crippen molar-refractivity contribution in [3.63, 3.8) is 0 Å². The van der Waals surface area contributed by atoms with E-state index < -0.39 is 0 Å². The van der Waals surface area contributed by atoms with E-state index in [4.69, 9.17) is 13.3 Å². The van der Waals surface area contributed by atoms with Crippen molar-refractivity contribution in [1.82, 2.24) is 38.2 Å². The maximum absolute atomic E-state index is 5.08. The van der Waals surface area contributed by atoms with Gasteiger partial charge in [-0.2, -0.15) is 4.37 Å². The Hall–Kier alpha value is -6.26. The number of rotatable bonds is 0. The van der Waals surface area contributed by atoms with Gasteiger partial charge >= 0.3 is 0 Å². The number of hydrogen-bond donors (Lipinski definition) is 0. The van der Waals surface area contributed by atoms with E-state index in [1.807, 2.05) is 184 Å². The first-order valence-electron chi connectivity index (χ1n) is 23.3. The number of hydrogen-bond acceptors (Lipinski definition) is 20. The first-order valence-corrected chi connectivity index (χ1v) is 29.2. The summed E-state index contributed by atoms with van der Waals surface area (Å²) in [7, 11) is 0. The topological polar surface area (TPSA) is 169 Å². The Bertz CT molecular complexity index is 2450. The molecule has 12 aromatic rings. The van der Waals surface area contributed by atoms with E-state index in [0.717, 1.165) is 44.9 Å². The molecule has 12 rings (SSSR count). The van der Waals surface area contributed by atoms with Crippen LogP contribution in [0.15, 0.2) is 166 Å². The van der Waals surface area contributed by atoms with E-state index in [0.29, 0.717) is 0 Å². The van der Waals surface area contributed by atoms with E-state index in [2.05, 4.69) is 73.1 Å². The Balaban J connectivity index is 0.000000415. The monoisotopic (exact) mass is 1160 g/mol. The van der Waals surface area contributed by atoms with Gasteiger partial charge in [-0.3, -0.25) is 15.0 Å². The van der Waals surface area contributed by atoms with Crippen molar-refractivity contribution in [2.24, 2.45) is 0 Å². The first-order chi connectivity index (χ1) is 36.3. The molecule has 0 saturated carbocycles. The second-order valence-corrected chi connectivity index (χ2v) is 22.6. The molecule has 0 N–H and O–H groups in total. The first kappa shape index (κ1) is 67.8. The van der Waals surface area contributed by atoms with Crippen LogP contribution in [0.25, 0.3) is 0 Å². The highest BCUT2D eigenvalue weighted by Crippen LogP contribution is 2.12. The van der Waals surface area contributed by atoms with E-state index in [9.17, 15) is 0 Å². The fourth-order valence-corrected chi connectivity index (χ4v) is 7.95. The second-order valence-electron chi connectivity index (χ2n) is 15.9. The van der Waals surface area contributed by atoms with E-state index in [1.54, 1.807) is 83.9 Å². The molecule has 12 heterocycles. The van der Waals surface area contributed by atoms with Crippen molar-refractivity contribution in [3.05, 3.63) is 230 Å². The van der Waals surface area contributed by atoms with Crippen molar-refractivity contribution >= 4 is 79.9 Å². The molecule has 0 aromatic carbocycles. The van der Waals surface area contributed by atoms with Crippen LogP contribution in [0.2, 0.25) is 0 Å². The van der Waals surface area contributed by atoms with Gasteiger partial charge in [0.15, 0.2) is 6.39 Å². The summed E-state index contributed by atoms with van der Waals surface area (Å²) in [6.07, 6.45) is 18.8. The summed E-state index contributed by atoms with van der Waals surface area (Å²) in [5.74, 6) is 2.95. The molecule has 0 radical (unpaired) electrons. The summed E-state index contributed by atoms with van der Waals surface area (Å²) in [5.41, 5.74) is 12.8. The van der Waals surface area contributed by atoms with Gasteiger partial charge in [0.2, 0.25) is 0 Å². The van der Waals surface area contributed by atoms with Crippen molar-refractivity contribution in [1.29, 1.82) is 0 Å². The lowest BCUT2D eigenvalue weighted by Gasteiger charge is -1.76. The number of thiazole rings is 3. The van der Waals surface area contributed by atoms with Crippen LogP contribution in [-0.2, 0) is 0 Å². The minimum Gasteiger partial charge on any atom is -0.472 e. The predicted molar refractivity (Wildman–Crippen MR) is 322 cm³/mol. The lowest BCUT2D eigenvalue weighted by Crippen LogP contribution is -1.63. The highest BCUT2D eigenvalue weighted by molar-refractivity contribution is 7.11. The molecule has 12 aromatic heterocycles. The molecular formula is C56H72N8O5S7. The summed E-state index contributed by atoms with van der Waals surface area (Å²) in [4.78, 5) is 20.8. The average molecular weight is 1160 g/mol. The van der Waals surface area contributed by atoms with Gasteiger partial charge in [-0.25, -0.2) is 13.7 Å². The highest BCUT2D eigenvalue weighted by atomic mass is 32.1. The second kappa shape index (κ2) is 42.9. The molecular weight excluding hydrogens is 1090 g/mol. The number of thiophene rings is 1. The Labute approximate surface area is 478 Å². The third-order valence-corrected chi connectivity index (χ3v) is 13.2. The van der Waals surface area contributed by atoms with Gasteiger partial charge in [0.05, 0.1) is 52.4 Å². The quantitative estimate of drug-likeness (QED) is 0.141. The van der Waals surface area contributed by atoms with Crippen LogP contribution in [0.5, 0.6) is 0 Å². The van der Waals surface area contributed by atoms with Crippen LogP contribution in [0.3, 0.4) is 0 Å². The van der Waals surface area contributed by atoms with E-state index >= 15 is 0 Å². The summed E-state index contributed by atoms with van der Waals surface area (Å²) in [6.45, 7) is 32.0. The zero-order valence-electron chi connectivity index (χ0n) is 46.3. The summed E-state index contributed by atoms with van der Waals surface area (Å²) in [6, 6.07) is 14.2. The van der Waals surface area contributed by atoms with Gasteiger partial charge in [0.25, 0.3) is 0 Å². The van der Waals surface area contributed by atoms with Crippen LogP contribution in [0, 0.1) is 111 Å². The van der Waals surface area contributed by atoms with E-state index in [1.165, 1.54) is 82.8 Å². The highest BCUT2D eigenvalue weighted by Gasteiger charge is 1.90. The fraction of sp³-hybridized carbons (Fsp3) is 0.286. The number of oxazole rings is 1. The molecule has 0 aliphatic rings. The molecule has 0 saturated heterocycles. The summed E-state index contributed by atoms with van der Waals surface area (Å²) in [5, 5.41) is 12.5. The molecule has 76 heavy (non-hydrogen) atoms. The molecule has 0 unspecified atom stereocenters. The molecule has 0 atom stereocenters. The van der Waals surface area contributed by atoms with Gasteiger partial charge in [-0.1, -0.05) is 5.16 Å². The largest absolute Gasteiger partial charge is 0.472 e. The Morgan fingerprint density at radius 3 is 1.34 bits per heavy atom. The van der Waals surface area contributed by atoms with Crippen LogP contribution in [-0.4, -0.2) is 38.2 Å². The number of aromatic nitrogens is 8. The standard InChI is InChI=1S/3C6H8O.C6H8S.2C4H5NO.6C4H5NS/c1-5-3-7-4-6(5)2;1-5-3-6(2)7-4-5;2*1-5-3-4-6(2)7-5;1-4-2-6-3-5-4;1-4-2-5-6-3-4;1-4-2-6-3-5-4;1-4-2-5-3-6-4;1-4-2-5-6-3-4;1-4-5-2-3-6-4;1-4-2-3-6-5-4;1-4-2-3-5-6-4/h4*3-4H,1-2H3;8*2-3H,1H3. The zero-order valence-corrected chi connectivity index (χ0v) is 52.0. The molecule has 0 amide bonds. The maximum atomic E-state index is 5.08. The Morgan fingerprint density at radius 2 is 1.18 bits per heavy atom. The molecule has 13 nitrogen and oxygen atoms in total. The number of furan rings is 3. The minimum absolute atomic E-state index is 0.926. The number of aryl methyl sites for hydroxylation is 16. The fourth-order valence-electron chi connectivity index (χ4n) is 4.30. The van der Waals surface area contributed by atoms with Crippen molar-refractivity contribution < 1.29 is 22.2 Å². The Morgan fingerprint density at radius 1 is 0.474 bits per heavy atom. The Kier molecular flexibility index (Phi) is 38.3. The van der Waals surface area contributed by atoms with Crippen molar-refractivity contribution in [3.8, 4) is 0 Å².